The van der Waals surface area contributed by atoms with Crippen molar-refractivity contribution in [1.29, 1.82) is 0 Å². The molecule has 25 heavy (non-hydrogen) atoms. The van der Waals surface area contributed by atoms with Crippen LogP contribution in [0.5, 0.6) is 0 Å². The average molecular weight is 335 g/mol. The number of aryl methyl sites for hydroxylation is 4. The van der Waals surface area contributed by atoms with E-state index in [-0.39, 0.29) is 0 Å². The maximum atomic E-state index is 10.5. The lowest BCUT2D eigenvalue weighted by Crippen LogP contribution is -2.14. The zero-order chi connectivity index (χ0) is 18.9. The van der Waals surface area contributed by atoms with Crippen LogP contribution in [0.1, 0.15) is 38.9 Å². The van der Waals surface area contributed by atoms with Crippen molar-refractivity contribution in [2.24, 2.45) is 0 Å². The molecule has 0 aliphatic rings. The molecule has 0 spiro atoms. The topological polar surface area (TPSA) is 20.3 Å². The molecule has 0 atom stereocenters. The Morgan fingerprint density at radius 2 is 1.20 bits per heavy atom. The van der Waals surface area contributed by atoms with Crippen molar-refractivity contribution < 1.29 is 4.79 Å². The summed E-state index contributed by atoms with van der Waals surface area (Å²) >= 11 is 0. The molecule has 0 heterocycles. The van der Waals surface area contributed by atoms with Gasteiger partial charge in [-0.1, -0.05) is 18.2 Å². The van der Waals surface area contributed by atoms with Gasteiger partial charge in [0.15, 0.2) is 0 Å². The molecule has 0 aliphatic carbocycles. The van der Waals surface area contributed by atoms with Gasteiger partial charge in [0.05, 0.1) is 0 Å². The number of fused-ring (bicyclic) bond motifs is 1. The first-order valence-corrected chi connectivity index (χ1v) is 8.73. The number of anilines is 1. The third-order valence-corrected chi connectivity index (χ3v) is 5.40. The highest BCUT2D eigenvalue weighted by molar-refractivity contribution is 6.01. The van der Waals surface area contributed by atoms with Gasteiger partial charge in [-0.25, -0.2) is 0 Å². The summed E-state index contributed by atoms with van der Waals surface area (Å²) in [5.41, 5.74) is 10.6. The van der Waals surface area contributed by atoms with Crippen LogP contribution in [-0.4, -0.2) is 20.4 Å². The first-order valence-electron chi connectivity index (χ1n) is 8.73. The van der Waals surface area contributed by atoms with Gasteiger partial charge in [-0.15, -0.1) is 0 Å². The molecule has 0 bridgehead atoms. The van der Waals surface area contributed by atoms with E-state index >= 15 is 0 Å². The standard InChI is InChI=1S/C23H29NO/c1-14-15(2)22-19(6)23(24(7)8)17(4)16(3)21(22)18(5)20(14)12-10-9-11-13-25/h9-13H,1-8H3/b11-9-,12-10+. The molecular weight excluding hydrogens is 306 g/mol. The molecule has 0 aromatic heterocycles. The van der Waals surface area contributed by atoms with Crippen LogP contribution in [0.3, 0.4) is 0 Å². The number of rotatable bonds is 4. The maximum absolute atomic E-state index is 10.5. The lowest BCUT2D eigenvalue weighted by molar-refractivity contribution is -0.104. The molecule has 0 saturated carbocycles. The van der Waals surface area contributed by atoms with Crippen molar-refractivity contribution >= 4 is 28.8 Å². The van der Waals surface area contributed by atoms with Crippen molar-refractivity contribution in [3.8, 4) is 0 Å². The molecule has 0 fully saturated rings. The Morgan fingerprint density at radius 1 is 0.640 bits per heavy atom. The number of carbonyl (C=O) groups excluding carboxylic acids is 1. The molecule has 2 aromatic rings. The molecule has 0 aliphatic heterocycles. The summed E-state index contributed by atoms with van der Waals surface area (Å²) in [4.78, 5) is 12.7. The number of carbonyl (C=O) groups is 1. The summed E-state index contributed by atoms with van der Waals surface area (Å²) < 4.78 is 0. The highest BCUT2D eigenvalue weighted by Crippen LogP contribution is 2.40. The van der Waals surface area contributed by atoms with Crippen molar-refractivity contribution in [2.45, 2.75) is 41.5 Å². The Morgan fingerprint density at radius 3 is 1.76 bits per heavy atom. The number of allylic oxidation sites excluding steroid dienone is 3. The molecule has 2 aromatic carbocycles. The summed E-state index contributed by atoms with van der Waals surface area (Å²) in [5, 5.41) is 2.74. The lowest BCUT2D eigenvalue weighted by Gasteiger charge is -2.26. The van der Waals surface area contributed by atoms with E-state index in [0.717, 1.165) is 6.29 Å². The van der Waals surface area contributed by atoms with Gasteiger partial charge in [0.25, 0.3) is 0 Å². The Hall–Kier alpha value is -2.35. The normalized spacial score (nSPS) is 11.8. The molecule has 2 rings (SSSR count). The average Bonchev–Trinajstić information content (AvgIpc) is 2.55. The van der Waals surface area contributed by atoms with E-state index in [2.05, 4.69) is 66.6 Å². The van der Waals surface area contributed by atoms with Crippen LogP contribution >= 0.6 is 0 Å². The van der Waals surface area contributed by atoms with E-state index in [1.54, 1.807) is 6.08 Å². The van der Waals surface area contributed by atoms with Gasteiger partial charge in [0.2, 0.25) is 0 Å². The minimum Gasteiger partial charge on any atom is -0.377 e. The first-order chi connectivity index (χ1) is 11.7. The second-order valence-electron chi connectivity index (χ2n) is 7.04. The van der Waals surface area contributed by atoms with Crippen molar-refractivity contribution in [2.75, 3.05) is 19.0 Å². The smallest absolute Gasteiger partial charge is 0.142 e. The number of aldehydes is 1. The lowest BCUT2D eigenvalue weighted by atomic mass is 9.84. The fraction of sp³-hybridized carbons (Fsp3) is 0.348. The van der Waals surface area contributed by atoms with Gasteiger partial charge < -0.3 is 4.90 Å². The Kier molecular flexibility index (Phi) is 5.52. The highest BCUT2D eigenvalue weighted by Gasteiger charge is 2.19. The quantitative estimate of drug-likeness (QED) is 0.416. The van der Waals surface area contributed by atoms with Crippen molar-refractivity contribution in [3.63, 3.8) is 0 Å². The number of hydrogen-bond donors (Lipinski definition) is 0. The van der Waals surface area contributed by atoms with Gasteiger partial charge in [-0.2, -0.15) is 0 Å². The number of nitrogens with zero attached hydrogens (tertiary/aromatic N) is 1. The SMILES string of the molecule is Cc1c(N(C)C)c(C)c2c(C)c(C)c(/C=C/C=C\C=O)c(C)c2c1C. The molecule has 0 amide bonds. The molecule has 2 heteroatoms. The van der Waals surface area contributed by atoms with Crippen LogP contribution in [0.25, 0.3) is 16.8 Å². The fourth-order valence-corrected chi connectivity index (χ4v) is 4.06. The van der Waals surface area contributed by atoms with E-state index in [1.807, 2.05) is 6.08 Å². The third-order valence-electron chi connectivity index (χ3n) is 5.40. The molecule has 2 nitrogen and oxygen atoms in total. The van der Waals surface area contributed by atoms with Crippen molar-refractivity contribution in [1.82, 2.24) is 0 Å². The number of benzene rings is 2. The highest BCUT2D eigenvalue weighted by atomic mass is 16.1. The summed E-state index contributed by atoms with van der Waals surface area (Å²) in [7, 11) is 4.23. The third kappa shape index (κ3) is 3.13. The monoisotopic (exact) mass is 335 g/mol. The van der Waals surface area contributed by atoms with Crippen molar-refractivity contribution in [3.05, 3.63) is 57.2 Å². The van der Waals surface area contributed by atoms with Gasteiger partial charge in [0.1, 0.15) is 6.29 Å². The summed E-state index contributed by atoms with van der Waals surface area (Å²) in [6.45, 7) is 13.3. The maximum Gasteiger partial charge on any atom is 0.142 e. The zero-order valence-corrected chi connectivity index (χ0v) is 16.7. The molecule has 0 unspecified atom stereocenters. The van der Waals surface area contributed by atoms with E-state index in [0.29, 0.717) is 0 Å². The van der Waals surface area contributed by atoms with Gasteiger partial charge in [-0.3, -0.25) is 4.79 Å². The molecular formula is C23H29NO. The Bertz CT molecular complexity index is 899. The van der Waals surface area contributed by atoms with E-state index < -0.39 is 0 Å². The predicted octanol–water partition coefficient (Wildman–Crippen LogP) is 5.52. The summed E-state index contributed by atoms with van der Waals surface area (Å²) in [6, 6.07) is 0. The van der Waals surface area contributed by atoms with Crippen LogP contribution in [0.4, 0.5) is 5.69 Å². The summed E-state index contributed by atoms with van der Waals surface area (Å²) in [5.74, 6) is 0. The Labute approximate surface area is 151 Å². The Balaban J connectivity index is 2.95. The van der Waals surface area contributed by atoms with Crippen LogP contribution in [0.2, 0.25) is 0 Å². The van der Waals surface area contributed by atoms with Gasteiger partial charge >= 0.3 is 0 Å². The summed E-state index contributed by atoms with van der Waals surface area (Å²) in [6.07, 6.45) is 8.15. The van der Waals surface area contributed by atoms with Gasteiger partial charge in [0, 0.05) is 19.8 Å². The van der Waals surface area contributed by atoms with E-state index in [1.165, 1.54) is 61.5 Å². The van der Waals surface area contributed by atoms with Crippen LogP contribution < -0.4 is 4.90 Å². The van der Waals surface area contributed by atoms with Gasteiger partial charge in [-0.05, 0) is 97.3 Å². The number of hydrogen-bond acceptors (Lipinski definition) is 2. The fourth-order valence-electron chi connectivity index (χ4n) is 4.06. The molecule has 0 radical (unpaired) electrons. The largest absolute Gasteiger partial charge is 0.377 e. The molecule has 0 saturated heterocycles. The zero-order valence-electron chi connectivity index (χ0n) is 16.7. The second-order valence-corrected chi connectivity index (χ2v) is 7.04. The first kappa shape index (κ1) is 19.0. The predicted molar refractivity (Wildman–Crippen MR) is 111 cm³/mol. The van der Waals surface area contributed by atoms with E-state index in [9.17, 15) is 4.79 Å². The molecule has 132 valence electrons. The van der Waals surface area contributed by atoms with E-state index in [4.69, 9.17) is 0 Å². The van der Waals surface area contributed by atoms with Crippen LogP contribution in [0.15, 0.2) is 18.2 Å². The minimum atomic E-state index is 0.801. The molecule has 0 N–H and O–H groups in total. The second kappa shape index (κ2) is 7.26. The van der Waals surface area contributed by atoms with Crippen LogP contribution in [-0.2, 0) is 4.79 Å². The van der Waals surface area contributed by atoms with Crippen LogP contribution in [0, 0.1) is 41.5 Å². The minimum absolute atomic E-state index is 0.801.